The van der Waals surface area contributed by atoms with E-state index >= 15 is 0 Å². The van der Waals surface area contributed by atoms with Crippen molar-refractivity contribution in [1.82, 2.24) is 14.9 Å². The van der Waals surface area contributed by atoms with Gasteiger partial charge in [0.25, 0.3) is 5.91 Å². The van der Waals surface area contributed by atoms with Gasteiger partial charge in [0.1, 0.15) is 16.7 Å². The third-order valence-electron chi connectivity index (χ3n) is 2.50. The van der Waals surface area contributed by atoms with Crippen LogP contribution in [0.1, 0.15) is 5.56 Å². The van der Waals surface area contributed by atoms with Gasteiger partial charge in [-0.15, -0.1) is 12.6 Å². The fourth-order valence-corrected chi connectivity index (χ4v) is 1.60. The largest absolute Gasteiger partial charge is 0.435 e. The van der Waals surface area contributed by atoms with Crippen molar-refractivity contribution in [3.05, 3.63) is 58.4 Å². The first kappa shape index (κ1) is 22.2. The maximum Gasteiger partial charge on any atom is 0.435 e. The van der Waals surface area contributed by atoms with E-state index in [2.05, 4.69) is 35.1 Å². The summed E-state index contributed by atoms with van der Waals surface area (Å²) in [4.78, 5) is 25.3. The molecule has 0 aliphatic carbocycles. The summed E-state index contributed by atoms with van der Waals surface area (Å²) < 4.78 is 1.39. The van der Waals surface area contributed by atoms with E-state index in [0.717, 1.165) is 5.56 Å². The molecule has 1 aromatic heterocycles. The number of carbonyl (C=O) groups excluding carboxylic acids is 1. The van der Waals surface area contributed by atoms with Gasteiger partial charge >= 0.3 is 5.95 Å². The number of hydrogen-bond acceptors (Lipinski definition) is 5. The zero-order valence-corrected chi connectivity index (χ0v) is 16.6. The van der Waals surface area contributed by atoms with Crippen molar-refractivity contribution < 1.29 is 29.5 Å². The van der Waals surface area contributed by atoms with Gasteiger partial charge < -0.3 is 21.2 Å². The molecule has 0 spiro atoms. The Hall–Kier alpha value is -1.82. The molecule has 0 saturated carbocycles. The minimum Gasteiger partial charge on any atom is -0.390 e. The number of hydrogen-bond donors (Lipinski definition) is 3. The SMILES string of the molecule is NC(=S)S.O=C(Cn1ccnc1[N+](=O)[O-])NCc1ccccc1.[Os]. The third-order valence-corrected chi connectivity index (χ3v) is 2.50. The Kier molecular flexibility index (Phi) is 10.8. The summed E-state index contributed by atoms with van der Waals surface area (Å²) in [6.45, 7) is 0.269. The van der Waals surface area contributed by atoms with E-state index in [4.69, 9.17) is 5.73 Å². The average molecular weight is 544 g/mol. The Morgan fingerprint density at radius 1 is 1.42 bits per heavy atom. The summed E-state index contributed by atoms with van der Waals surface area (Å²) in [5.41, 5.74) is 5.68. The van der Waals surface area contributed by atoms with Crippen molar-refractivity contribution in [2.45, 2.75) is 13.1 Å². The van der Waals surface area contributed by atoms with Crippen LogP contribution in [0.25, 0.3) is 0 Å². The van der Waals surface area contributed by atoms with E-state index in [1.807, 2.05) is 30.3 Å². The maximum atomic E-state index is 11.7. The van der Waals surface area contributed by atoms with Crippen LogP contribution in [-0.2, 0) is 37.7 Å². The molecular formula is C13H15N5O3OsS2. The molecule has 11 heteroatoms. The summed E-state index contributed by atoms with van der Waals surface area (Å²) in [5, 5.41) is 13.3. The van der Waals surface area contributed by atoms with Gasteiger partial charge in [0.2, 0.25) is 0 Å². The molecule has 1 heterocycles. The number of rotatable bonds is 5. The number of amides is 1. The van der Waals surface area contributed by atoms with Crippen LogP contribution in [0.2, 0.25) is 0 Å². The Labute approximate surface area is 162 Å². The predicted molar refractivity (Wildman–Crippen MR) is 92.9 cm³/mol. The molecule has 1 aromatic carbocycles. The van der Waals surface area contributed by atoms with Crippen molar-refractivity contribution in [3.63, 3.8) is 0 Å². The number of imidazole rings is 1. The summed E-state index contributed by atoms with van der Waals surface area (Å²) in [6.07, 6.45) is 2.70. The Morgan fingerprint density at radius 3 is 2.54 bits per heavy atom. The van der Waals surface area contributed by atoms with Gasteiger partial charge in [-0.3, -0.25) is 4.79 Å². The number of nitrogens with two attached hydrogens (primary N) is 1. The van der Waals surface area contributed by atoms with E-state index < -0.39 is 4.92 Å². The number of carbonyl (C=O) groups is 1. The molecule has 0 saturated heterocycles. The second kappa shape index (κ2) is 11.7. The monoisotopic (exact) mass is 545 g/mol. The first-order valence-corrected chi connectivity index (χ1v) is 7.20. The van der Waals surface area contributed by atoms with Crippen molar-refractivity contribution in [2.75, 3.05) is 0 Å². The van der Waals surface area contributed by atoms with E-state index in [1.165, 1.54) is 17.0 Å². The molecule has 1 amide bonds. The topological polar surface area (TPSA) is 116 Å². The molecule has 130 valence electrons. The molecule has 0 bridgehead atoms. The van der Waals surface area contributed by atoms with Crippen molar-refractivity contribution in [2.24, 2.45) is 5.73 Å². The van der Waals surface area contributed by atoms with Gasteiger partial charge in [0, 0.05) is 26.3 Å². The zero-order chi connectivity index (χ0) is 17.2. The second-order valence-electron chi connectivity index (χ2n) is 4.21. The van der Waals surface area contributed by atoms with Gasteiger partial charge in [-0.1, -0.05) is 47.5 Å². The minimum absolute atomic E-state index is 0. The number of nitro groups is 1. The number of nitrogens with zero attached hydrogens (tertiary/aromatic N) is 3. The van der Waals surface area contributed by atoms with E-state index in [-0.39, 0.29) is 42.5 Å². The van der Waals surface area contributed by atoms with Crippen LogP contribution < -0.4 is 11.1 Å². The smallest absolute Gasteiger partial charge is 0.390 e. The van der Waals surface area contributed by atoms with Crippen molar-refractivity contribution in [3.8, 4) is 0 Å². The number of nitrogens with one attached hydrogen (secondary N) is 1. The molecule has 8 nitrogen and oxygen atoms in total. The normalized spacial score (nSPS) is 9.04. The Morgan fingerprint density at radius 2 is 2.00 bits per heavy atom. The zero-order valence-electron chi connectivity index (χ0n) is 12.3. The molecule has 0 unspecified atom stereocenters. The fourth-order valence-electron chi connectivity index (χ4n) is 1.60. The van der Waals surface area contributed by atoms with Gasteiger partial charge in [-0.2, -0.15) is 0 Å². The van der Waals surface area contributed by atoms with Crippen LogP contribution in [0.5, 0.6) is 0 Å². The average Bonchev–Trinajstić information content (AvgIpc) is 2.94. The molecule has 3 N–H and O–H groups in total. The maximum absolute atomic E-state index is 11.7. The summed E-state index contributed by atoms with van der Waals surface area (Å²) in [7, 11) is 0. The van der Waals surface area contributed by atoms with Gasteiger partial charge in [0.05, 0.1) is 0 Å². The molecule has 2 aromatic rings. The summed E-state index contributed by atoms with van der Waals surface area (Å²) in [6, 6.07) is 9.42. The van der Waals surface area contributed by atoms with Crippen LogP contribution in [0.4, 0.5) is 5.95 Å². The number of thiol groups is 1. The van der Waals surface area contributed by atoms with E-state index in [9.17, 15) is 14.9 Å². The fraction of sp³-hybridized carbons (Fsp3) is 0.154. The molecule has 0 aliphatic heterocycles. The number of aromatic nitrogens is 2. The predicted octanol–water partition coefficient (Wildman–Crippen LogP) is 1.26. The molecule has 0 fully saturated rings. The van der Waals surface area contributed by atoms with E-state index in [0.29, 0.717) is 6.54 Å². The van der Waals surface area contributed by atoms with Gasteiger partial charge in [-0.05, 0) is 10.5 Å². The second-order valence-corrected chi connectivity index (χ2v) is 5.44. The van der Waals surface area contributed by atoms with Crippen LogP contribution in [-0.4, -0.2) is 24.7 Å². The molecular weight excluding hydrogens is 529 g/mol. The molecule has 2 rings (SSSR count). The van der Waals surface area contributed by atoms with Crippen LogP contribution >= 0.6 is 24.8 Å². The third kappa shape index (κ3) is 8.72. The number of thiocarbonyl (C=S) groups is 1. The first-order valence-electron chi connectivity index (χ1n) is 6.34. The molecule has 0 atom stereocenters. The standard InChI is InChI=1S/C12H12N4O3.CH3NS2.Os/c17-11(14-8-10-4-2-1-3-5-10)9-15-7-6-13-12(15)16(18)19;2-1(3)4;/h1-7H,8-9H2,(H,14,17);(H3,2,3,4);. The molecule has 0 aliphatic rings. The Balaban J connectivity index is 0.000000954. The number of benzene rings is 1. The first-order chi connectivity index (χ1) is 10.9. The van der Waals surface area contributed by atoms with Gasteiger partial charge in [0.15, 0.2) is 6.54 Å². The van der Waals surface area contributed by atoms with Crippen LogP contribution in [0.3, 0.4) is 0 Å². The Bertz CT molecular complexity index is 677. The minimum atomic E-state index is -0.621. The van der Waals surface area contributed by atoms with Crippen molar-refractivity contribution >= 4 is 41.0 Å². The summed E-state index contributed by atoms with van der Waals surface area (Å²) >= 11 is 7.65. The summed E-state index contributed by atoms with van der Waals surface area (Å²) in [5.74, 6) is -0.639. The van der Waals surface area contributed by atoms with Crippen molar-refractivity contribution in [1.29, 1.82) is 0 Å². The van der Waals surface area contributed by atoms with Crippen LogP contribution in [0.15, 0.2) is 42.7 Å². The van der Waals surface area contributed by atoms with Gasteiger partial charge in [-0.25, -0.2) is 4.57 Å². The van der Waals surface area contributed by atoms with Crippen LogP contribution in [0, 0.1) is 10.1 Å². The van der Waals surface area contributed by atoms with E-state index in [1.54, 1.807) is 0 Å². The molecule has 0 radical (unpaired) electrons. The quantitative estimate of drug-likeness (QED) is 0.226. The molecule has 24 heavy (non-hydrogen) atoms.